The number of hydrogen-bond acceptors (Lipinski definition) is 1. The lowest BCUT2D eigenvalue weighted by Crippen LogP contribution is -2.26. The van der Waals surface area contributed by atoms with Crippen molar-refractivity contribution in [1.29, 1.82) is 0 Å². The molecule has 1 aliphatic heterocycles. The monoisotopic (exact) mass is 574 g/mol. The molecule has 0 aromatic heterocycles. The maximum atomic E-state index is 6.42. The quantitative estimate of drug-likeness (QED) is 0.189. The Morgan fingerprint density at radius 3 is 1.78 bits per heavy atom. The summed E-state index contributed by atoms with van der Waals surface area (Å²) >= 11 is 0. The van der Waals surface area contributed by atoms with Crippen LogP contribution in [0.15, 0.2) is 146 Å². The summed E-state index contributed by atoms with van der Waals surface area (Å²) in [7, 11) is 0. The van der Waals surface area contributed by atoms with Crippen LogP contribution in [0.2, 0.25) is 0 Å². The highest BCUT2D eigenvalue weighted by molar-refractivity contribution is 6.04. The van der Waals surface area contributed by atoms with E-state index in [0.717, 1.165) is 11.5 Å². The van der Waals surface area contributed by atoms with Crippen molar-refractivity contribution >= 4 is 10.8 Å². The molecule has 1 atom stereocenters. The van der Waals surface area contributed by atoms with Gasteiger partial charge in [-0.2, -0.15) is 0 Å². The first-order valence-electron chi connectivity index (χ1n) is 15.9. The second-order valence-corrected chi connectivity index (χ2v) is 13.2. The van der Waals surface area contributed by atoms with Gasteiger partial charge in [0, 0.05) is 16.5 Å². The van der Waals surface area contributed by atoms with Gasteiger partial charge in [0.15, 0.2) is 0 Å². The minimum absolute atomic E-state index is 0.170. The van der Waals surface area contributed by atoms with Gasteiger partial charge in [-0.3, -0.25) is 0 Å². The Bertz CT molecular complexity index is 2380. The second kappa shape index (κ2) is 8.61. The van der Waals surface area contributed by atoms with Crippen LogP contribution in [0, 0.1) is 0 Å². The zero-order valence-electron chi connectivity index (χ0n) is 25.3. The summed E-state index contributed by atoms with van der Waals surface area (Å²) in [5.74, 6) is 1.89. The SMILES string of the molecule is CC1(C)c2ccccc2Oc2ccc(-c3ccc4c(c3)C3(c5ccccc5-4)c4ccccc4-c4ccc5ccccc5c43)cc21. The van der Waals surface area contributed by atoms with Crippen LogP contribution >= 0.6 is 0 Å². The van der Waals surface area contributed by atoms with E-state index in [1.807, 2.05) is 0 Å². The van der Waals surface area contributed by atoms with Crippen LogP contribution in [0.5, 0.6) is 11.5 Å². The first kappa shape index (κ1) is 25.0. The molecule has 1 unspecified atom stereocenters. The van der Waals surface area contributed by atoms with Crippen LogP contribution < -0.4 is 4.74 Å². The van der Waals surface area contributed by atoms with Gasteiger partial charge in [0.25, 0.3) is 0 Å². The summed E-state index contributed by atoms with van der Waals surface area (Å²) in [5, 5.41) is 2.60. The van der Waals surface area contributed by atoms with Gasteiger partial charge in [-0.15, -0.1) is 0 Å². The molecule has 3 aliphatic rings. The Labute approximate surface area is 263 Å². The van der Waals surface area contributed by atoms with Crippen LogP contribution in [0.1, 0.15) is 47.2 Å². The molecule has 10 rings (SSSR count). The van der Waals surface area contributed by atoms with Crippen molar-refractivity contribution in [3.8, 4) is 44.9 Å². The lowest BCUT2D eigenvalue weighted by molar-refractivity contribution is 0.418. The second-order valence-electron chi connectivity index (χ2n) is 13.2. The minimum atomic E-state index is -0.399. The van der Waals surface area contributed by atoms with Crippen LogP contribution in [-0.2, 0) is 10.8 Å². The topological polar surface area (TPSA) is 9.23 Å². The Balaban J connectivity index is 1.26. The van der Waals surface area contributed by atoms with Crippen molar-refractivity contribution in [3.63, 3.8) is 0 Å². The number of benzene rings is 7. The van der Waals surface area contributed by atoms with Crippen molar-refractivity contribution in [2.45, 2.75) is 24.7 Å². The first-order chi connectivity index (χ1) is 22.1. The molecule has 0 fully saturated rings. The number of rotatable bonds is 1. The van der Waals surface area contributed by atoms with Gasteiger partial charge in [0.2, 0.25) is 0 Å². The molecule has 0 bridgehead atoms. The van der Waals surface area contributed by atoms with Crippen LogP contribution in [0.3, 0.4) is 0 Å². The molecule has 1 nitrogen and oxygen atoms in total. The highest BCUT2D eigenvalue weighted by Crippen LogP contribution is 2.64. The summed E-state index contributed by atoms with van der Waals surface area (Å²) in [5.41, 5.74) is 15.1. The first-order valence-corrected chi connectivity index (χ1v) is 15.9. The van der Waals surface area contributed by atoms with E-state index in [9.17, 15) is 0 Å². The highest BCUT2D eigenvalue weighted by Gasteiger charge is 2.52. The highest BCUT2D eigenvalue weighted by atomic mass is 16.5. The van der Waals surface area contributed by atoms with Crippen molar-refractivity contribution in [1.82, 2.24) is 0 Å². The normalized spacial score (nSPS) is 17.6. The lowest BCUT2D eigenvalue weighted by Gasteiger charge is -2.35. The predicted molar refractivity (Wildman–Crippen MR) is 184 cm³/mol. The molecule has 7 aromatic rings. The van der Waals surface area contributed by atoms with Gasteiger partial charge in [-0.25, -0.2) is 0 Å². The van der Waals surface area contributed by atoms with Crippen molar-refractivity contribution in [2.75, 3.05) is 0 Å². The maximum absolute atomic E-state index is 6.42. The number of hydrogen-bond donors (Lipinski definition) is 0. The average molecular weight is 575 g/mol. The molecule has 0 N–H and O–H groups in total. The van der Waals surface area contributed by atoms with Crippen LogP contribution in [-0.4, -0.2) is 0 Å². The van der Waals surface area contributed by atoms with Gasteiger partial charge < -0.3 is 4.74 Å². The third-order valence-electron chi connectivity index (χ3n) is 10.7. The Morgan fingerprint density at radius 1 is 0.422 bits per heavy atom. The lowest BCUT2D eigenvalue weighted by atomic mass is 9.69. The third kappa shape index (κ3) is 3.08. The molecule has 1 spiro atoms. The average Bonchev–Trinajstić information content (AvgIpc) is 3.55. The Hall–Kier alpha value is -5.40. The van der Waals surface area contributed by atoms with Crippen molar-refractivity contribution in [2.24, 2.45) is 0 Å². The zero-order valence-corrected chi connectivity index (χ0v) is 25.3. The summed E-state index contributed by atoms with van der Waals surface area (Å²) in [6.45, 7) is 4.62. The van der Waals surface area contributed by atoms with Gasteiger partial charge >= 0.3 is 0 Å². The molecule has 212 valence electrons. The fraction of sp³-hybridized carbons (Fsp3) is 0.0909. The summed E-state index contributed by atoms with van der Waals surface area (Å²) < 4.78 is 6.42. The van der Waals surface area contributed by atoms with Gasteiger partial charge in [-0.05, 0) is 90.7 Å². The Morgan fingerprint density at radius 2 is 0.978 bits per heavy atom. The van der Waals surface area contributed by atoms with E-state index in [4.69, 9.17) is 4.74 Å². The molecule has 1 heterocycles. The standard InChI is InChI=1S/C44H30O/c1-43(2)37-17-9-10-18-40(37)45-41-24-21-29(26-39(41)43)28-20-22-33-31-13-5-7-15-35(31)44(38(33)25-28)36-16-8-6-14-32(36)34-23-19-27-11-3-4-12-30(27)42(34)44/h3-26H,1-2H3. The fourth-order valence-corrected chi connectivity index (χ4v) is 8.72. The molecule has 0 saturated heterocycles. The Kier molecular flexibility index (Phi) is 4.78. The molecule has 1 heteroatoms. The van der Waals surface area contributed by atoms with E-state index >= 15 is 0 Å². The fourth-order valence-electron chi connectivity index (χ4n) is 8.72. The summed E-state index contributed by atoms with van der Waals surface area (Å²) in [6.07, 6.45) is 0. The molecule has 2 aliphatic carbocycles. The van der Waals surface area contributed by atoms with E-state index in [1.54, 1.807) is 0 Å². The third-order valence-corrected chi connectivity index (χ3v) is 10.7. The minimum Gasteiger partial charge on any atom is -0.457 e. The largest absolute Gasteiger partial charge is 0.457 e. The van der Waals surface area contributed by atoms with Gasteiger partial charge in [-0.1, -0.05) is 135 Å². The molecule has 7 aromatic carbocycles. The zero-order chi connectivity index (χ0) is 29.9. The van der Waals surface area contributed by atoms with E-state index in [0.29, 0.717) is 0 Å². The molecule has 0 amide bonds. The van der Waals surface area contributed by atoms with E-state index in [1.165, 1.54) is 77.5 Å². The molecular weight excluding hydrogens is 544 g/mol. The van der Waals surface area contributed by atoms with Gasteiger partial charge in [0.05, 0.1) is 5.41 Å². The van der Waals surface area contributed by atoms with Crippen LogP contribution in [0.25, 0.3) is 44.2 Å². The van der Waals surface area contributed by atoms with Crippen molar-refractivity contribution < 1.29 is 4.74 Å². The number of fused-ring (bicyclic) bond motifs is 14. The van der Waals surface area contributed by atoms with Crippen molar-refractivity contribution in [3.05, 3.63) is 179 Å². The summed E-state index contributed by atoms with van der Waals surface area (Å²) in [6, 6.07) is 54.0. The van der Waals surface area contributed by atoms with E-state index in [2.05, 4.69) is 159 Å². The van der Waals surface area contributed by atoms with Gasteiger partial charge in [0.1, 0.15) is 11.5 Å². The number of ether oxygens (including phenoxy) is 1. The smallest absolute Gasteiger partial charge is 0.131 e. The van der Waals surface area contributed by atoms with E-state index < -0.39 is 5.41 Å². The molecule has 0 saturated carbocycles. The maximum Gasteiger partial charge on any atom is 0.131 e. The molecular formula is C44H30O. The van der Waals surface area contributed by atoms with E-state index in [-0.39, 0.29) is 5.41 Å². The number of para-hydroxylation sites is 1. The molecule has 45 heavy (non-hydrogen) atoms. The predicted octanol–water partition coefficient (Wildman–Crippen LogP) is 11.3. The van der Waals surface area contributed by atoms with Crippen LogP contribution in [0.4, 0.5) is 0 Å². The molecule has 0 radical (unpaired) electrons. The summed E-state index contributed by atoms with van der Waals surface area (Å²) in [4.78, 5) is 0.